The molecule has 0 saturated carbocycles. The molecule has 10 rings (SSSR count). The van der Waals surface area contributed by atoms with Crippen LogP contribution in [0, 0.1) is 0 Å². The van der Waals surface area contributed by atoms with Crippen LogP contribution in [0.15, 0.2) is 0 Å². The van der Waals surface area contributed by atoms with E-state index in [0.29, 0.717) is 0 Å². The summed E-state index contributed by atoms with van der Waals surface area (Å²) in [4.78, 5) is 15.9. The van der Waals surface area contributed by atoms with Crippen molar-refractivity contribution in [1.82, 2.24) is 0 Å². The zero-order valence-corrected chi connectivity index (χ0v) is 12.6. The molecule has 0 unspecified atom stereocenters. The third kappa shape index (κ3) is 0.0587. The molecular formula is C13H20FeSi. The van der Waals surface area contributed by atoms with Crippen molar-refractivity contribution in [2.75, 3.05) is 0 Å². The predicted octanol–water partition coefficient (Wildman–Crippen LogP) is 3.56. The van der Waals surface area contributed by atoms with Crippen molar-refractivity contribution in [2.24, 2.45) is 0 Å². The maximum absolute atomic E-state index is 2.28. The summed E-state index contributed by atoms with van der Waals surface area (Å²) in [7, 11) is 1.39. The number of hydrogen-bond acceptors (Lipinski definition) is 0. The van der Waals surface area contributed by atoms with Gasteiger partial charge in [-0.2, -0.15) is 0 Å². The fourth-order valence-corrected chi connectivity index (χ4v) is 88.0. The minimum absolute atomic E-state index is 1.38. The third-order valence-electron chi connectivity index (χ3n) is 15.0. The molecule has 0 aromatic rings. The summed E-state index contributed by atoms with van der Waals surface area (Å²) in [6, 6.07) is 1.46. The van der Waals surface area contributed by atoms with E-state index in [1.807, 2.05) is 0 Å². The van der Waals surface area contributed by atoms with E-state index in [-0.39, 0.29) is 0 Å². The van der Waals surface area contributed by atoms with Gasteiger partial charge in [0.2, 0.25) is 0 Å². The summed E-state index contributed by atoms with van der Waals surface area (Å²) in [5, 5.41) is 0. The van der Waals surface area contributed by atoms with Gasteiger partial charge in [0.15, 0.2) is 0 Å². The van der Waals surface area contributed by atoms with Crippen LogP contribution >= 0.6 is 0 Å². The molecule has 0 bridgehead atoms. The van der Waals surface area contributed by atoms with Crippen LogP contribution in [0.2, 0.25) is 54.2 Å². The molecule has 2 heteroatoms. The molecule has 10 aliphatic rings. The first kappa shape index (κ1) is 6.07. The standard InChI is InChI=1S/2C5H5.C3H10Si.Fe/c2*1-2-4-5-3-1;1-2-3-4;/h2*1-5H;2-3H2,1,4H3;. The number of hydrogen-bond donors (Lipinski definition) is 0. The molecule has 0 nitrogen and oxygen atoms in total. The fourth-order valence-electron chi connectivity index (χ4n) is 15.8. The summed E-state index contributed by atoms with van der Waals surface area (Å²) >= 11 is 0. The van der Waals surface area contributed by atoms with E-state index >= 15 is 0 Å². The van der Waals surface area contributed by atoms with Gasteiger partial charge in [0.25, 0.3) is 0 Å². The normalized spacial score (nSPS) is 128. The van der Waals surface area contributed by atoms with Gasteiger partial charge < -0.3 is 0 Å². The van der Waals surface area contributed by atoms with Gasteiger partial charge in [-0.15, -0.1) is 0 Å². The van der Waals surface area contributed by atoms with Gasteiger partial charge >= 0.3 is 54.7 Å². The number of rotatable bonds is 1. The number of fused-ring (bicyclic) bond motifs is 10. The second-order valence-corrected chi connectivity index (χ2v) is 35.5. The van der Waals surface area contributed by atoms with Crippen molar-refractivity contribution in [3.05, 3.63) is 0 Å². The first-order valence-electron chi connectivity index (χ1n) is 7.29. The Balaban J connectivity index is 0.000000121. The predicted molar refractivity (Wildman–Crippen MR) is 62.5 cm³/mol. The fraction of sp³-hybridized carbons (Fsp3) is 1.00. The van der Waals surface area contributed by atoms with E-state index < -0.39 is 6.51 Å². The monoisotopic (exact) mass is 260 g/mol. The molecule has 0 atom stereocenters. The van der Waals surface area contributed by atoms with Crippen molar-refractivity contribution >= 4 is 10.2 Å². The Morgan fingerprint density at radius 1 is 0.733 bits per heavy atom. The minimum atomic E-state index is -2.28. The molecule has 0 aromatic heterocycles. The summed E-state index contributed by atoms with van der Waals surface area (Å²) < 4.78 is 0. The average molecular weight is 260 g/mol. The molecule has 15 heavy (non-hydrogen) atoms. The molecule has 0 aromatic carbocycles. The van der Waals surface area contributed by atoms with E-state index in [1.54, 1.807) is 48.2 Å². The molecule has 10 aliphatic heterocycles. The van der Waals surface area contributed by atoms with Crippen molar-refractivity contribution in [1.29, 1.82) is 0 Å². The van der Waals surface area contributed by atoms with Gasteiger partial charge in [-0.3, -0.25) is 0 Å². The van der Waals surface area contributed by atoms with Crippen LogP contribution in [-0.4, -0.2) is 10.2 Å². The Kier molecular flexibility index (Phi) is 0.186. The summed E-state index contributed by atoms with van der Waals surface area (Å²) in [5.41, 5.74) is 0. The molecule has 0 amide bonds. The Bertz CT molecular complexity index is 607. The average Bonchev–Trinajstić information content (AvgIpc) is 3.18. The van der Waals surface area contributed by atoms with Crippen molar-refractivity contribution in [3.8, 4) is 0 Å². The Morgan fingerprint density at radius 2 is 0.933 bits per heavy atom. The van der Waals surface area contributed by atoms with Crippen LogP contribution in [0.25, 0.3) is 0 Å². The molecule has 10 saturated heterocycles. The first-order valence-corrected chi connectivity index (χ1v) is 15.1. The van der Waals surface area contributed by atoms with Crippen LogP contribution in [-0.2, 0) is 6.51 Å². The molecule has 0 N–H and O–H groups in total. The van der Waals surface area contributed by atoms with E-state index in [9.17, 15) is 0 Å². The van der Waals surface area contributed by atoms with Gasteiger partial charge in [-0.1, -0.05) is 19.4 Å². The molecular weight excluding hydrogens is 240 g/mol. The third-order valence-corrected chi connectivity index (χ3v) is 58.0. The topological polar surface area (TPSA) is 0 Å². The van der Waals surface area contributed by atoms with E-state index in [1.165, 1.54) is 22.7 Å². The van der Waals surface area contributed by atoms with Crippen molar-refractivity contribution < 1.29 is 6.51 Å². The van der Waals surface area contributed by atoms with Gasteiger partial charge in [0.1, 0.15) is 0 Å². The molecule has 10 fully saturated rings. The second-order valence-electron chi connectivity index (χ2n) is 10.6. The Morgan fingerprint density at radius 3 is 0.933 bits per heavy atom. The second kappa shape index (κ2) is 0.460. The zero-order valence-electron chi connectivity index (χ0n) is 9.54. The van der Waals surface area contributed by atoms with Crippen molar-refractivity contribution in [2.45, 2.75) is 67.6 Å². The van der Waals surface area contributed by atoms with Gasteiger partial charge in [0.05, 0.1) is 0 Å². The van der Waals surface area contributed by atoms with Crippen LogP contribution in [0.5, 0.6) is 0 Å². The molecule has 0 radical (unpaired) electrons. The molecule has 10 heterocycles. The zero-order chi connectivity index (χ0) is 9.50. The van der Waals surface area contributed by atoms with Crippen LogP contribution in [0.3, 0.4) is 0 Å². The van der Waals surface area contributed by atoms with Gasteiger partial charge in [-0.05, 0) is 0 Å². The SMILES string of the molecule is CCC[SiH3].[CH]12[CH]3[CH]4[CH]5[CH]1[Fe]23451678[CH]2[CH]1[CH]6[CH]7[CH]28. The van der Waals surface area contributed by atoms with E-state index in [4.69, 9.17) is 0 Å². The molecule has 0 aliphatic carbocycles. The van der Waals surface area contributed by atoms with E-state index in [2.05, 4.69) is 6.92 Å². The Labute approximate surface area is 84.3 Å². The summed E-state index contributed by atoms with van der Waals surface area (Å²) in [6.45, 7) is -0.0681. The van der Waals surface area contributed by atoms with Crippen LogP contribution < -0.4 is 0 Å². The molecule has 84 valence electrons. The quantitative estimate of drug-likeness (QED) is 0.632. The summed E-state index contributed by atoms with van der Waals surface area (Å²) in [6.07, 6.45) is 1.38. The van der Waals surface area contributed by atoms with Gasteiger partial charge in [-0.25, -0.2) is 0 Å². The van der Waals surface area contributed by atoms with Crippen LogP contribution in [0.1, 0.15) is 13.3 Å². The Hall–Kier alpha value is 0.736. The van der Waals surface area contributed by atoms with Crippen molar-refractivity contribution in [3.63, 3.8) is 0 Å². The van der Waals surface area contributed by atoms with E-state index in [0.717, 1.165) is 0 Å². The maximum atomic E-state index is 2.22. The first-order chi connectivity index (χ1) is 7.07. The van der Waals surface area contributed by atoms with Crippen LogP contribution in [0.4, 0.5) is 0 Å². The van der Waals surface area contributed by atoms with Gasteiger partial charge in [0, 0.05) is 10.2 Å². The molecule has 1 spiro atoms. The summed E-state index contributed by atoms with van der Waals surface area (Å²) in [5.74, 6) is 0.